The highest BCUT2D eigenvalue weighted by atomic mass is 32.2. The first kappa shape index (κ1) is 17.1. The van der Waals surface area contributed by atoms with Crippen LogP contribution in [0, 0.1) is 5.82 Å². The molecule has 0 saturated carbocycles. The van der Waals surface area contributed by atoms with E-state index < -0.39 is 5.56 Å². The summed E-state index contributed by atoms with van der Waals surface area (Å²) in [7, 11) is 2.99. The molecule has 3 aromatic rings. The van der Waals surface area contributed by atoms with Crippen molar-refractivity contribution in [1.29, 1.82) is 0 Å². The summed E-state index contributed by atoms with van der Waals surface area (Å²) in [6.07, 6.45) is 0. The van der Waals surface area contributed by atoms with Gasteiger partial charge in [0.2, 0.25) is 0 Å². The fourth-order valence-corrected chi connectivity index (χ4v) is 3.24. The Bertz CT molecular complexity index is 991. The number of nitrogens with two attached hydrogens (primary N) is 1. The second-order valence-corrected chi connectivity index (χ2v) is 6.15. The lowest BCUT2D eigenvalue weighted by atomic mass is 10.2. The molecular formula is C17H16FN3O3S. The van der Waals surface area contributed by atoms with Crippen LogP contribution in [0.25, 0.3) is 10.9 Å². The minimum absolute atomic E-state index is 0.313. The molecule has 0 amide bonds. The Kier molecular flexibility index (Phi) is 4.80. The van der Waals surface area contributed by atoms with Crippen molar-refractivity contribution >= 4 is 22.7 Å². The van der Waals surface area contributed by atoms with Crippen molar-refractivity contribution < 1.29 is 13.9 Å². The Balaban J connectivity index is 2.01. The van der Waals surface area contributed by atoms with Gasteiger partial charge in [0.15, 0.2) is 16.7 Å². The molecule has 1 aromatic heterocycles. The Morgan fingerprint density at radius 1 is 1.20 bits per heavy atom. The molecule has 2 N–H and O–H groups in total. The van der Waals surface area contributed by atoms with Gasteiger partial charge in [-0.2, -0.15) is 0 Å². The van der Waals surface area contributed by atoms with Gasteiger partial charge in [-0.05, 0) is 23.8 Å². The number of thioether (sulfide) groups is 1. The van der Waals surface area contributed by atoms with Gasteiger partial charge in [0.25, 0.3) is 5.56 Å². The van der Waals surface area contributed by atoms with Crippen LogP contribution >= 0.6 is 11.8 Å². The molecule has 0 radical (unpaired) electrons. The van der Waals surface area contributed by atoms with Gasteiger partial charge in [0, 0.05) is 11.8 Å². The van der Waals surface area contributed by atoms with E-state index in [0.717, 1.165) is 10.2 Å². The van der Waals surface area contributed by atoms with Crippen LogP contribution in [0.15, 0.2) is 46.3 Å². The predicted octanol–water partition coefficient (Wildman–Crippen LogP) is 2.56. The van der Waals surface area contributed by atoms with Crippen LogP contribution in [0.1, 0.15) is 5.56 Å². The quantitative estimate of drug-likeness (QED) is 0.427. The van der Waals surface area contributed by atoms with Crippen molar-refractivity contribution in [2.24, 2.45) is 0 Å². The number of aromatic nitrogens is 2. The molecule has 25 heavy (non-hydrogen) atoms. The fraction of sp³-hybridized carbons (Fsp3) is 0.176. The summed E-state index contributed by atoms with van der Waals surface area (Å²) >= 11 is 1.25. The number of methoxy groups -OCH3 is 2. The highest BCUT2D eigenvalue weighted by Gasteiger charge is 2.14. The zero-order valence-corrected chi connectivity index (χ0v) is 14.5. The van der Waals surface area contributed by atoms with E-state index in [1.165, 1.54) is 38.1 Å². The number of hydrogen-bond donors (Lipinski definition) is 1. The van der Waals surface area contributed by atoms with Gasteiger partial charge < -0.3 is 15.3 Å². The summed E-state index contributed by atoms with van der Waals surface area (Å²) < 4.78 is 24.7. The summed E-state index contributed by atoms with van der Waals surface area (Å²) in [6.45, 7) is 0. The highest BCUT2D eigenvalue weighted by Crippen LogP contribution is 2.31. The number of nitrogen functional groups attached to an aromatic ring is 1. The molecule has 2 aromatic carbocycles. The minimum Gasteiger partial charge on any atom is -0.493 e. The van der Waals surface area contributed by atoms with Gasteiger partial charge in [0.05, 0.1) is 25.1 Å². The summed E-state index contributed by atoms with van der Waals surface area (Å²) in [5.74, 6) is 6.89. The maximum atomic E-state index is 13.3. The Morgan fingerprint density at radius 3 is 2.60 bits per heavy atom. The van der Waals surface area contributed by atoms with Gasteiger partial charge >= 0.3 is 0 Å². The maximum Gasteiger partial charge on any atom is 0.280 e. The first-order valence-electron chi connectivity index (χ1n) is 7.34. The standard InChI is InChI=1S/C17H16FN3O3S/c1-23-14-7-12-13(8-15(14)24-2)20-17(21(19)16(12)22)25-9-10-4-3-5-11(18)6-10/h3-8H,9,19H2,1-2H3. The summed E-state index contributed by atoms with van der Waals surface area (Å²) in [5, 5.41) is 0.657. The van der Waals surface area contributed by atoms with E-state index in [-0.39, 0.29) is 5.82 Å². The molecule has 0 spiro atoms. The first-order chi connectivity index (χ1) is 12.0. The predicted molar refractivity (Wildman–Crippen MR) is 95.2 cm³/mol. The SMILES string of the molecule is COc1cc2nc(SCc3cccc(F)c3)n(N)c(=O)c2cc1OC. The normalized spacial score (nSPS) is 10.8. The largest absolute Gasteiger partial charge is 0.493 e. The Morgan fingerprint density at radius 2 is 1.92 bits per heavy atom. The van der Waals surface area contributed by atoms with Crippen molar-refractivity contribution in [2.75, 3.05) is 20.1 Å². The van der Waals surface area contributed by atoms with E-state index in [0.29, 0.717) is 33.3 Å². The lowest BCUT2D eigenvalue weighted by molar-refractivity contribution is 0.355. The van der Waals surface area contributed by atoms with Crippen molar-refractivity contribution in [3.63, 3.8) is 0 Å². The van der Waals surface area contributed by atoms with E-state index in [9.17, 15) is 9.18 Å². The van der Waals surface area contributed by atoms with E-state index in [4.69, 9.17) is 15.3 Å². The number of ether oxygens (including phenoxy) is 2. The first-order valence-corrected chi connectivity index (χ1v) is 8.33. The van der Waals surface area contributed by atoms with E-state index in [1.807, 2.05) is 0 Å². The van der Waals surface area contributed by atoms with E-state index in [1.54, 1.807) is 24.3 Å². The average molecular weight is 361 g/mol. The highest BCUT2D eigenvalue weighted by molar-refractivity contribution is 7.98. The molecule has 0 aliphatic heterocycles. The third-order valence-corrected chi connectivity index (χ3v) is 4.65. The van der Waals surface area contributed by atoms with Crippen molar-refractivity contribution in [3.8, 4) is 11.5 Å². The smallest absolute Gasteiger partial charge is 0.280 e. The molecule has 0 aliphatic rings. The van der Waals surface area contributed by atoms with Crippen LogP contribution < -0.4 is 20.9 Å². The molecule has 0 bridgehead atoms. The summed E-state index contributed by atoms with van der Waals surface area (Å²) in [4.78, 5) is 16.9. The molecular weight excluding hydrogens is 345 g/mol. The molecule has 0 atom stereocenters. The molecule has 0 saturated heterocycles. The van der Waals surface area contributed by atoms with Gasteiger partial charge in [-0.15, -0.1) is 0 Å². The fourth-order valence-electron chi connectivity index (χ4n) is 2.38. The lowest BCUT2D eigenvalue weighted by Crippen LogP contribution is -2.29. The molecule has 130 valence electrons. The van der Waals surface area contributed by atoms with E-state index in [2.05, 4.69) is 4.98 Å². The second-order valence-electron chi connectivity index (χ2n) is 5.21. The number of benzene rings is 2. The number of rotatable bonds is 5. The van der Waals surface area contributed by atoms with Crippen LogP contribution in [-0.4, -0.2) is 23.9 Å². The third-order valence-electron chi connectivity index (χ3n) is 3.63. The average Bonchev–Trinajstić information content (AvgIpc) is 2.62. The molecule has 6 nitrogen and oxygen atoms in total. The third kappa shape index (κ3) is 3.39. The van der Waals surface area contributed by atoms with Gasteiger partial charge in [-0.3, -0.25) is 4.79 Å². The molecule has 0 unspecified atom stereocenters. The topological polar surface area (TPSA) is 79.4 Å². The number of fused-ring (bicyclic) bond motifs is 1. The van der Waals surface area contributed by atoms with Crippen LogP contribution in [0.2, 0.25) is 0 Å². The number of nitrogens with zero attached hydrogens (tertiary/aromatic N) is 2. The van der Waals surface area contributed by atoms with Crippen molar-refractivity contribution in [2.45, 2.75) is 10.9 Å². The monoisotopic (exact) mass is 361 g/mol. The lowest BCUT2D eigenvalue weighted by Gasteiger charge is -2.11. The summed E-state index contributed by atoms with van der Waals surface area (Å²) in [5.41, 5.74) is 0.824. The van der Waals surface area contributed by atoms with Gasteiger partial charge in [-0.1, -0.05) is 23.9 Å². The van der Waals surface area contributed by atoms with Crippen LogP contribution in [0.3, 0.4) is 0 Å². The van der Waals surface area contributed by atoms with Gasteiger partial charge in [-0.25, -0.2) is 14.1 Å². The van der Waals surface area contributed by atoms with Crippen LogP contribution in [0.5, 0.6) is 11.5 Å². The minimum atomic E-state index is -0.396. The van der Waals surface area contributed by atoms with Crippen molar-refractivity contribution in [1.82, 2.24) is 9.66 Å². The van der Waals surface area contributed by atoms with E-state index >= 15 is 0 Å². The second kappa shape index (κ2) is 7.02. The maximum absolute atomic E-state index is 13.3. The zero-order chi connectivity index (χ0) is 18.0. The molecule has 0 fully saturated rings. The number of halogens is 1. The molecule has 1 heterocycles. The zero-order valence-electron chi connectivity index (χ0n) is 13.7. The summed E-state index contributed by atoms with van der Waals surface area (Å²) in [6, 6.07) is 9.41. The molecule has 0 aliphatic carbocycles. The van der Waals surface area contributed by atoms with Crippen LogP contribution in [0.4, 0.5) is 4.39 Å². The molecule has 8 heteroatoms. The Hall–Kier alpha value is -2.74. The van der Waals surface area contributed by atoms with Crippen molar-refractivity contribution in [3.05, 3.63) is 58.1 Å². The van der Waals surface area contributed by atoms with Gasteiger partial charge in [0.1, 0.15) is 5.82 Å². The molecule has 3 rings (SSSR count). The number of hydrogen-bond acceptors (Lipinski definition) is 6. The Labute approximate surface area is 147 Å². The van der Waals surface area contributed by atoms with Crippen LogP contribution in [-0.2, 0) is 5.75 Å².